The standard InChI is InChI=1S/C11H13BrO3/c1-6-4-9(12)8(5-10(6)15-3)7(2)11(13)14/h4-5,7H,1-3H3,(H,13,14). The van der Waals surface area contributed by atoms with Gasteiger partial charge in [0, 0.05) is 4.47 Å². The van der Waals surface area contributed by atoms with Crippen molar-refractivity contribution in [3.05, 3.63) is 27.7 Å². The second-order valence-electron chi connectivity index (χ2n) is 3.40. The minimum Gasteiger partial charge on any atom is -0.496 e. The van der Waals surface area contributed by atoms with Crippen molar-refractivity contribution in [2.45, 2.75) is 19.8 Å². The normalized spacial score (nSPS) is 12.3. The third-order valence-corrected chi connectivity index (χ3v) is 3.04. The van der Waals surface area contributed by atoms with Gasteiger partial charge in [-0.3, -0.25) is 4.79 Å². The summed E-state index contributed by atoms with van der Waals surface area (Å²) in [5, 5.41) is 8.93. The van der Waals surface area contributed by atoms with Crippen LogP contribution >= 0.6 is 15.9 Å². The van der Waals surface area contributed by atoms with E-state index in [1.54, 1.807) is 20.1 Å². The molecule has 15 heavy (non-hydrogen) atoms. The maximum atomic E-state index is 10.9. The molecule has 0 aliphatic rings. The zero-order chi connectivity index (χ0) is 11.6. The number of ether oxygens (including phenoxy) is 1. The van der Waals surface area contributed by atoms with Crippen LogP contribution in [0.15, 0.2) is 16.6 Å². The summed E-state index contributed by atoms with van der Waals surface area (Å²) in [7, 11) is 1.57. The van der Waals surface area contributed by atoms with Crippen molar-refractivity contribution in [3.8, 4) is 5.75 Å². The second kappa shape index (κ2) is 4.66. The lowest BCUT2D eigenvalue weighted by Crippen LogP contribution is -2.08. The van der Waals surface area contributed by atoms with Crippen molar-refractivity contribution in [1.29, 1.82) is 0 Å². The average Bonchev–Trinajstić information content (AvgIpc) is 2.17. The summed E-state index contributed by atoms with van der Waals surface area (Å²) >= 11 is 3.36. The van der Waals surface area contributed by atoms with Crippen LogP contribution in [0.5, 0.6) is 5.75 Å². The van der Waals surface area contributed by atoms with Gasteiger partial charge in [0.1, 0.15) is 5.75 Å². The first-order valence-electron chi connectivity index (χ1n) is 4.54. The van der Waals surface area contributed by atoms with E-state index in [2.05, 4.69) is 15.9 Å². The molecule has 0 amide bonds. The maximum Gasteiger partial charge on any atom is 0.310 e. The van der Waals surface area contributed by atoms with Gasteiger partial charge in [0.25, 0.3) is 0 Å². The Labute approximate surface area is 97.2 Å². The molecule has 1 rings (SSSR count). The highest BCUT2D eigenvalue weighted by molar-refractivity contribution is 9.10. The molecular weight excluding hydrogens is 260 g/mol. The highest BCUT2D eigenvalue weighted by Crippen LogP contribution is 2.31. The molecule has 0 aliphatic heterocycles. The van der Waals surface area contributed by atoms with E-state index in [0.29, 0.717) is 5.75 Å². The van der Waals surface area contributed by atoms with Crippen molar-refractivity contribution in [3.63, 3.8) is 0 Å². The summed E-state index contributed by atoms with van der Waals surface area (Å²) in [6.07, 6.45) is 0. The predicted octanol–water partition coefficient (Wildman–Crippen LogP) is 2.95. The molecule has 4 heteroatoms. The molecule has 82 valence electrons. The van der Waals surface area contributed by atoms with Crippen LogP contribution in [0.3, 0.4) is 0 Å². The molecule has 0 aliphatic carbocycles. The lowest BCUT2D eigenvalue weighted by molar-refractivity contribution is -0.138. The summed E-state index contributed by atoms with van der Waals surface area (Å²) < 4.78 is 5.96. The molecule has 0 spiro atoms. The molecule has 0 bridgehead atoms. The Morgan fingerprint density at radius 1 is 1.53 bits per heavy atom. The van der Waals surface area contributed by atoms with E-state index in [0.717, 1.165) is 15.6 Å². The van der Waals surface area contributed by atoms with E-state index < -0.39 is 11.9 Å². The monoisotopic (exact) mass is 272 g/mol. The number of carboxylic acid groups (broad SMARTS) is 1. The SMILES string of the molecule is COc1cc(C(C)C(=O)O)c(Br)cc1C. The van der Waals surface area contributed by atoms with Gasteiger partial charge < -0.3 is 9.84 Å². The van der Waals surface area contributed by atoms with Gasteiger partial charge in [-0.15, -0.1) is 0 Å². The van der Waals surface area contributed by atoms with Crippen LogP contribution in [0.25, 0.3) is 0 Å². The molecule has 1 aromatic rings. The van der Waals surface area contributed by atoms with Crippen LogP contribution < -0.4 is 4.74 Å². The van der Waals surface area contributed by atoms with Crippen LogP contribution in [0.2, 0.25) is 0 Å². The van der Waals surface area contributed by atoms with Gasteiger partial charge in [-0.2, -0.15) is 0 Å². The summed E-state index contributed by atoms with van der Waals surface area (Å²) in [5.74, 6) is -0.684. The first kappa shape index (κ1) is 12.0. The molecule has 1 atom stereocenters. The van der Waals surface area contributed by atoms with Gasteiger partial charge in [0.15, 0.2) is 0 Å². The highest BCUT2D eigenvalue weighted by atomic mass is 79.9. The molecule has 0 radical (unpaired) electrons. The van der Waals surface area contributed by atoms with Gasteiger partial charge in [-0.05, 0) is 37.1 Å². The summed E-state index contributed by atoms with van der Waals surface area (Å²) in [5.41, 5.74) is 1.70. The zero-order valence-corrected chi connectivity index (χ0v) is 10.5. The van der Waals surface area contributed by atoms with E-state index in [1.165, 1.54) is 0 Å². The Bertz CT molecular complexity index is 388. The number of hydrogen-bond donors (Lipinski definition) is 1. The average molecular weight is 273 g/mol. The maximum absolute atomic E-state index is 10.9. The first-order valence-corrected chi connectivity index (χ1v) is 5.33. The van der Waals surface area contributed by atoms with E-state index in [-0.39, 0.29) is 0 Å². The Balaban J connectivity index is 3.24. The lowest BCUT2D eigenvalue weighted by Gasteiger charge is -2.13. The molecule has 0 saturated heterocycles. The van der Waals surface area contributed by atoms with Crippen LogP contribution in [-0.4, -0.2) is 18.2 Å². The van der Waals surface area contributed by atoms with E-state index in [1.807, 2.05) is 13.0 Å². The molecule has 0 saturated carbocycles. The van der Waals surface area contributed by atoms with Crippen molar-refractivity contribution in [2.75, 3.05) is 7.11 Å². The van der Waals surface area contributed by atoms with Crippen molar-refractivity contribution in [1.82, 2.24) is 0 Å². The van der Waals surface area contributed by atoms with Crippen LogP contribution in [-0.2, 0) is 4.79 Å². The molecule has 1 aromatic carbocycles. The third-order valence-electron chi connectivity index (χ3n) is 2.35. The summed E-state index contributed by atoms with van der Waals surface area (Å²) in [6, 6.07) is 3.63. The minimum absolute atomic E-state index is 0.547. The minimum atomic E-state index is -0.846. The highest BCUT2D eigenvalue weighted by Gasteiger charge is 2.18. The van der Waals surface area contributed by atoms with Crippen LogP contribution in [0.4, 0.5) is 0 Å². The van der Waals surface area contributed by atoms with Crippen LogP contribution in [0, 0.1) is 6.92 Å². The second-order valence-corrected chi connectivity index (χ2v) is 4.26. The molecular formula is C11H13BrO3. The van der Waals surface area contributed by atoms with E-state index in [9.17, 15) is 4.79 Å². The van der Waals surface area contributed by atoms with E-state index in [4.69, 9.17) is 9.84 Å². The zero-order valence-electron chi connectivity index (χ0n) is 8.87. The summed E-state index contributed by atoms with van der Waals surface area (Å²) in [4.78, 5) is 10.9. The molecule has 0 aromatic heterocycles. The molecule has 1 N–H and O–H groups in total. The fraction of sp³-hybridized carbons (Fsp3) is 0.364. The largest absolute Gasteiger partial charge is 0.496 e. The Morgan fingerprint density at radius 3 is 2.60 bits per heavy atom. The number of carboxylic acids is 1. The van der Waals surface area contributed by atoms with Crippen molar-refractivity contribution in [2.24, 2.45) is 0 Å². The third kappa shape index (κ3) is 2.50. The van der Waals surface area contributed by atoms with Gasteiger partial charge in [-0.25, -0.2) is 0 Å². The lowest BCUT2D eigenvalue weighted by atomic mass is 9.99. The number of carbonyl (C=O) groups is 1. The number of aryl methyl sites for hydroxylation is 1. The van der Waals surface area contributed by atoms with Gasteiger partial charge in [0.2, 0.25) is 0 Å². The number of halogens is 1. The van der Waals surface area contributed by atoms with Gasteiger partial charge in [0.05, 0.1) is 13.0 Å². The Hall–Kier alpha value is -1.03. The number of rotatable bonds is 3. The smallest absolute Gasteiger partial charge is 0.310 e. The van der Waals surface area contributed by atoms with Gasteiger partial charge in [-0.1, -0.05) is 15.9 Å². The quantitative estimate of drug-likeness (QED) is 0.920. The number of methoxy groups -OCH3 is 1. The fourth-order valence-corrected chi connectivity index (χ4v) is 2.15. The fourth-order valence-electron chi connectivity index (χ4n) is 1.35. The van der Waals surface area contributed by atoms with Crippen molar-refractivity contribution >= 4 is 21.9 Å². The molecule has 0 fully saturated rings. The number of aliphatic carboxylic acids is 1. The number of hydrogen-bond acceptors (Lipinski definition) is 2. The van der Waals surface area contributed by atoms with Crippen LogP contribution in [0.1, 0.15) is 24.0 Å². The first-order chi connectivity index (χ1) is 6.97. The molecule has 0 heterocycles. The van der Waals surface area contributed by atoms with Gasteiger partial charge >= 0.3 is 5.97 Å². The molecule has 3 nitrogen and oxygen atoms in total. The topological polar surface area (TPSA) is 46.5 Å². The van der Waals surface area contributed by atoms with Crippen molar-refractivity contribution < 1.29 is 14.6 Å². The Morgan fingerprint density at radius 2 is 2.13 bits per heavy atom. The number of benzene rings is 1. The predicted molar refractivity (Wildman–Crippen MR) is 61.5 cm³/mol. The van der Waals surface area contributed by atoms with E-state index >= 15 is 0 Å². The molecule has 1 unspecified atom stereocenters. The summed E-state index contributed by atoms with van der Waals surface area (Å²) in [6.45, 7) is 3.57. The Kier molecular flexibility index (Phi) is 3.74.